The Labute approximate surface area is 169 Å². The maximum absolute atomic E-state index is 13.0. The molecule has 1 fully saturated rings. The lowest BCUT2D eigenvalue weighted by molar-refractivity contribution is -0.139. The number of ether oxygens (including phenoxy) is 1. The van der Waals surface area contributed by atoms with Crippen LogP contribution in [0, 0.1) is 0 Å². The van der Waals surface area contributed by atoms with Crippen molar-refractivity contribution in [3.63, 3.8) is 0 Å². The highest BCUT2D eigenvalue weighted by Gasteiger charge is 2.28. The number of carboxylic acids is 1. The SMILES string of the molecule is O=C(O)COc1cccc(C(=O)NC(Cc2ccccc2)C(=O)N2CCCC2)c1. The van der Waals surface area contributed by atoms with Gasteiger partial charge in [0.1, 0.15) is 11.8 Å². The summed E-state index contributed by atoms with van der Waals surface area (Å²) in [4.78, 5) is 38.2. The molecule has 2 aromatic carbocycles. The molecule has 0 saturated carbocycles. The molecule has 2 N–H and O–H groups in total. The number of aliphatic carboxylic acids is 1. The number of carboxylic acid groups (broad SMARTS) is 1. The first-order valence-electron chi connectivity index (χ1n) is 9.61. The zero-order valence-corrected chi connectivity index (χ0v) is 16.0. The van der Waals surface area contributed by atoms with Gasteiger partial charge in [-0.1, -0.05) is 36.4 Å². The Morgan fingerprint density at radius 3 is 2.45 bits per heavy atom. The Balaban J connectivity index is 1.74. The van der Waals surface area contributed by atoms with Crippen molar-refractivity contribution < 1.29 is 24.2 Å². The third-order valence-corrected chi connectivity index (χ3v) is 4.76. The van der Waals surface area contributed by atoms with E-state index in [-0.39, 0.29) is 11.7 Å². The second-order valence-electron chi connectivity index (χ2n) is 6.96. The molecule has 0 aliphatic carbocycles. The zero-order chi connectivity index (χ0) is 20.6. The Kier molecular flexibility index (Phi) is 6.84. The van der Waals surface area contributed by atoms with Gasteiger partial charge >= 0.3 is 5.97 Å². The van der Waals surface area contributed by atoms with Crippen LogP contribution in [0.4, 0.5) is 0 Å². The molecule has 0 radical (unpaired) electrons. The lowest BCUT2D eigenvalue weighted by Crippen LogP contribution is -2.49. The quantitative estimate of drug-likeness (QED) is 0.713. The van der Waals surface area contributed by atoms with Gasteiger partial charge in [-0.25, -0.2) is 4.79 Å². The number of nitrogens with zero attached hydrogens (tertiary/aromatic N) is 1. The molecule has 1 aliphatic rings. The van der Waals surface area contributed by atoms with E-state index >= 15 is 0 Å². The Hall–Kier alpha value is -3.35. The summed E-state index contributed by atoms with van der Waals surface area (Å²) in [6, 6.07) is 15.1. The summed E-state index contributed by atoms with van der Waals surface area (Å²) >= 11 is 0. The normalized spacial score (nSPS) is 14.3. The van der Waals surface area contributed by atoms with Gasteiger partial charge in [0.2, 0.25) is 5.91 Å². The molecule has 1 aliphatic heterocycles. The number of hydrogen-bond acceptors (Lipinski definition) is 4. The van der Waals surface area contributed by atoms with E-state index in [0.717, 1.165) is 18.4 Å². The minimum absolute atomic E-state index is 0.0852. The predicted octanol–water partition coefficient (Wildman–Crippen LogP) is 2.11. The highest BCUT2D eigenvalue weighted by atomic mass is 16.5. The standard InChI is InChI=1S/C22H24N2O5/c25-20(26)15-29-18-10-6-9-17(14-18)21(27)23-19(13-16-7-2-1-3-8-16)22(28)24-11-4-5-12-24/h1-3,6-10,14,19H,4-5,11-13,15H2,(H,23,27)(H,25,26). The molecule has 0 spiro atoms. The molecule has 1 unspecified atom stereocenters. The van der Waals surface area contributed by atoms with Crippen LogP contribution in [-0.4, -0.2) is 53.5 Å². The zero-order valence-electron chi connectivity index (χ0n) is 16.0. The van der Waals surface area contributed by atoms with Gasteiger partial charge in [-0.2, -0.15) is 0 Å². The molecule has 152 valence electrons. The van der Waals surface area contributed by atoms with E-state index in [0.29, 0.717) is 25.1 Å². The largest absolute Gasteiger partial charge is 0.482 e. The summed E-state index contributed by atoms with van der Waals surface area (Å²) in [6.07, 6.45) is 2.35. The van der Waals surface area contributed by atoms with E-state index < -0.39 is 24.5 Å². The lowest BCUT2D eigenvalue weighted by Gasteiger charge is -2.24. The summed E-state index contributed by atoms with van der Waals surface area (Å²) in [5.41, 5.74) is 1.27. The van der Waals surface area contributed by atoms with Gasteiger partial charge < -0.3 is 20.1 Å². The Morgan fingerprint density at radius 2 is 1.76 bits per heavy atom. The van der Waals surface area contributed by atoms with Crippen LogP contribution in [0.2, 0.25) is 0 Å². The third kappa shape index (κ3) is 5.81. The van der Waals surface area contributed by atoms with Crippen LogP contribution in [0.1, 0.15) is 28.8 Å². The fraction of sp³-hybridized carbons (Fsp3) is 0.318. The van der Waals surface area contributed by atoms with Crippen molar-refractivity contribution in [2.24, 2.45) is 0 Å². The minimum atomic E-state index is -1.10. The second-order valence-corrected chi connectivity index (χ2v) is 6.96. The average Bonchev–Trinajstić information content (AvgIpc) is 3.27. The van der Waals surface area contributed by atoms with E-state index in [1.807, 2.05) is 30.3 Å². The number of hydrogen-bond donors (Lipinski definition) is 2. The van der Waals surface area contributed by atoms with Crippen LogP contribution in [0.5, 0.6) is 5.75 Å². The molecule has 1 heterocycles. The van der Waals surface area contributed by atoms with Gasteiger partial charge in [-0.3, -0.25) is 9.59 Å². The van der Waals surface area contributed by atoms with E-state index in [4.69, 9.17) is 9.84 Å². The molecule has 7 nitrogen and oxygen atoms in total. The molecule has 3 rings (SSSR count). The minimum Gasteiger partial charge on any atom is -0.482 e. The first-order valence-corrected chi connectivity index (χ1v) is 9.61. The van der Waals surface area contributed by atoms with Crippen molar-refractivity contribution in [3.8, 4) is 5.75 Å². The van der Waals surface area contributed by atoms with Crippen molar-refractivity contribution in [1.82, 2.24) is 10.2 Å². The highest BCUT2D eigenvalue weighted by molar-refractivity contribution is 5.98. The molecule has 2 amide bonds. The monoisotopic (exact) mass is 396 g/mol. The van der Waals surface area contributed by atoms with E-state index in [9.17, 15) is 14.4 Å². The molecule has 29 heavy (non-hydrogen) atoms. The number of carbonyl (C=O) groups is 3. The van der Waals surface area contributed by atoms with Gasteiger partial charge in [0, 0.05) is 25.1 Å². The summed E-state index contributed by atoms with van der Waals surface area (Å²) < 4.78 is 5.13. The van der Waals surface area contributed by atoms with Crippen molar-refractivity contribution >= 4 is 17.8 Å². The molecular formula is C22H24N2O5. The van der Waals surface area contributed by atoms with Crippen molar-refractivity contribution in [2.45, 2.75) is 25.3 Å². The van der Waals surface area contributed by atoms with Crippen LogP contribution in [0.25, 0.3) is 0 Å². The smallest absolute Gasteiger partial charge is 0.341 e. The molecule has 0 aromatic heterocycles. The summed E-state index contributed by atoms with van der Waals surface area (Å²) in [6.45, 7) is 0.923. The van der Waals surface area contributed by atoms with E-state index in [2.05, 4.69) is 5.32 Å². The number of likely N-dealkylation sites (tertiary alicyclic amines) is 1. The van der Waals surface area contributed by atoms with Crippen molar-refractivity contribution in [2.75, 3.05) is 19.7 Å². The first-order chi connectivity index (χ1) is 14.0. The number of rotatable bonds is 8. The van der Waals surface area contributed by atoms with Gasteiger partial charge in [0.15, 0.2) is 6.61 Å². The van der Waals surface area contributed by atoms with Gasteiger partial charge in [0.05, 0.1) is 0 Å². The summed E-state index contributed by atoms with van der Waals surface area (Å²) in [5, 5.41) is 11.6. The van der Waals surface area contributed by atoms with Crippen LogP contribution in [0.15, 0.2) is 54.6 Å². The Bertz CT molecular complexity index is 863. The van der Waals surface area contributed by atoms with Crippen LogP contribution >= 0.6 is 0 Å². The van der Waals surface area contributed by atoms with Crippen LogP contribution in [0.3, 0.4) is 0 Å². The summed E-state index contributed by atoms with van der Waals surface area (Å²) in [5.74, 6) is -1.30. The fourth-order valence-electron chi connectivity index (χ4n) is 3.32. The maximum atomic E-state index is 13.0. The molecule has 7 heteroatoms. The fourth-order valence-corrected chi connectivity index (χ4v) is 3.32. The van der Waals surface area contributed by atoms with Gasteiger partial charge in [-0.05, 0) is 36.6 Å². The molecule has 1 atom stereocenters. The Morgan fingerprint density at radius 1 is 1.03 bits per heavy atom. The predicted molar refractivity (Wildman–Crippen MR) is 107 cm³/mol. The molecule has 0 bridgehead atoms. The van der Waals surface area contributed by atoms with Crippen LogP contribution < -0.4 is 10.1 Å². The van der Waals surface area contributed by atoms with Gasteiger partial charge in [-0.15, -0.1) is 0 Å². The number of carbonyl (C=O) groups excluding carboxylic acids is 2. The highest BCUT2D eigenvalue weighted by Crippen LogP contribution is 2.16. The molecule has 1 saturated heterocycles. The number of amides is 2. The lowest BCUT2D eigenvalue weighted by atomic mass is 10.0. The average molecular weight is 396 g/mol. The topological polar surface area (TPSA) is 95.9 Å². The first kappa shape index (κ1) is 20.4. The van der Waals surface area contributed by atoms with E-state index in [1.54, 1.807) is 23.1 Å². The second kappa shape index (κ2) is 9.73. The molecule has 2 aromatic rings. The van der Waals surface area contributed by atoms with Crippen molar-refractivity contribution in [1.29, 1.82) is 0 Å². The molecular weight excluding hydrogens is 372 g/mol. The number of nitrogens with one attached hydrogen (secondary N) is 1. The van der Waals surface area contributed by atoms with Crippen LogP contribution in [-0.2, 0) is 16.0 Å². The van der Waals surface area contributed by atoms with Crippen molar-refractivity contribution in [3.05, 3.63) is 65.7 Å². The summed E-state index contributed by atoms with van der Waals surface area (Å²) in [7, 11) is 0. The van der Waals surface area contributed by atoms with E-state index in [1.165, 1.54) is 6.07 Å². The maximum Gasteiger partial charge on any atom is 0.341 e. The van der Waals surface area contributed by atoms with Gasteiger partial charge in [0.25, 0.3) is 5.91 Å². The number of benzene rings is 2. The third-order valence-electron chi connectivity index (χ3n) is 4.76.